The molecule has 0 atom stereocenters. The van der Waals surface area contributed by atoms with Crippen LogP contribution in [0.5, 0.6) is 0 Å². The lowest BCUT2D eigenvalue weighted by molar-refractivity contribution is 1.04. The van der Waals surface area contributed by atoms with Crippen LogP contribution < -0.4 is 0 Å². The molecule has 0 saturated carbocycles. The van der Waals surface area contributed by atoms with Crippen LogP contribution >= 0.6 is 0 Å². The Hall–Kier alpha value is -8.75. The molecule has 69 heavy (non-hydrogen) atoms. The molecule has 7 aromatic carbocycles. The van der Waals surface area contributed by atoms with E-state index in [2.05, 4.69) is 189 Å². The van der Waals surface area contributed by atoms with Crippen molar-refractivity contribution in [2.45, 2.75) is 41.5 Å². The molecule has 0 radical (unpaired) electrons. The molecule has 0 fully saturated rings. The third kappa shape index (κ3) is 6.47. The van der Waals surface area contributed by atoms with E-state index in [1.807, 2.05) is 36.4 Å². The molecule has 0 aliphatic heterocycles. The van der Waals surface area contributed by atoms with Gasteiger partial charge in [0.25, 0.3) is 0 Å². The molecule has 0 aliphatic carbocycles. The minimum atomic E-state index is 0.563. The second-order valence-electron chi connectivity index (χ2n) is 18.6. The van der Waals surface area contributed by atoms with E-state index in [4.69, 9.17) is 24.9 Å². The minimum Gasteiger partial charge on any atom is -0.307 e. The number of benzene rings is 7. The molecule has 6 heterocycles. The first-order valence-electron chi connectivity index (χ1n) is 23.5. The highest BCUT2D eigenvalue weighted by Gasteiger charge is 2.28. The maximum absolute atomic E-state index is 5.38. The van der Waals surface area contributed by atoms with Gasteiger partial charge < -0.3 is 13.7 Å². The highest BCUT2D eigenvalue weighted by atomic mass is 15.1. The standard InChI is InChI=1S/C61H46N8/c1-35-17-23-48-44(29-35)45-30-36(2)18-24-49(45)67(48)54-33-43(61-65-59(41-13-9-7-10-14-41)64-60(66-61)42-15-11-8-12-16-42)34-55(68-50-25-19-37(3)31-46(50)47-32-38(4)20-26-51(47)68)58(54)69-52-27-21-39(5)62-56(52)57-53(69)28-22-40(6)63-57/h7-34H,1-6H3. The maximum atomic E-state index is 5.38. The van der Waals surface area contributed by atoms with Crippen molar-refractivity contribution in [1.29, 1.82) is 0 Å². The summed E-state index contributed by atoms with van der Waals surface area (Å²) in [6, 6.07) is 60.9. The molecule has 0 aliphatic rings. The van der Waals surface area contributed by atoms with Crippen LogP contribution in [0.2, 0.25) is 0 Å². The van der Waals surface area contributed by atoms with E-state index < -0.39 is 0 Å². The Balaban J connectivity index is 1.28. The van der Waals surface area contributed by atoms with E-state index in [-0.39, 0.29) is 0 Å². The van der Waals surface area contributed by atoms with Crippen molar-refractivity contribution >= 4 is 65.7 Å². The number of hydrogen-bond acceptors (Lipinski definition) is 5. The Morgan fingerprint density at radius 3 is 0.986 bits per heavy atom. The van der Waals surface area contributed by atoms with Gasteiger partial charge in [-0.15, -0.1) is 0 Å². The zero-order chi connectivity index (χ0) is 46.7. The molecule has 330 valence electrons. The molecule has 8 nitrogen and oxygen atoms in total. The van der Waals surface area contributed by atoms with Gasteiger partial charge in [0.1, 0.15) is 11.0 Å². The lowest BCUT2D eigenvalue weighted by atomic mass is 10.1. The number of hydrogen-bond donors (Lipinski definition) is 0. The predicted molar refractivity (Wildman–Crippen MR) is 283 cm³/mol. The zero-order valence-electron chi connectivity index (χ0n) is 39.2. The van der Waals surface area contributed by atoms with Gasteiger partial charge in [0, 0.05) is 49.6 Å². The molecule has 0 unspecified atom stereocenters. The van der Waals surface area contributed by atoms with Gasteiger partial charge in [-0.2, -0.15) is 0 Å². The second-order valence-corrected chi connectivity index (χ2v) is 18.6. The van der Waals surface area contributed by atoms with E-state index in [9.17, 15) is 0 Å². The van der Waals surface area contributed by atoms with Gasteiger partial charge in [-0.25, -0.2) is 24.9 Å². The molecular weight excluding hydrogens is 845 g/mol. The third-order valence-corrected chi connectivity index (χ3v) is 13.6. The Morgan fingerprint density at radius 1 is 0.290 bits per heavy atom. The Labute approximate surface area is 398 Å². The summed E-state index contributed by atoms with van der Waals surface area (Å²) in [7, 11) is 0. The van der Waals surface area contributed by atoms with Crippen LogP contribution in [0.3, 0.4) is 0 Å². The van der Waals surface area contributed by atoms with Gasteiger partial charge >= 0.3 is 0 Å². The van der Waals surface area contributed by atoms with Crippen LogP contribution in [0.15, 0.2) is 170 Å². The van der Waals surface area contributed by atoms with Gasteiger partial charge in [0.05, 0.1) is 50.2 Å². The quantitative estimate of drug-likeness (QED) is 0.166. The highest BCUT2D eigenvalue weighted by Crippen LogP contribution is 2.45. The first-order chi connectivity index (χ1) is 33.6. The minimum absolute atomic E-state index is 0.563. The van der Waals surface area contributed by atoms with Crippen molar-refractivity contribution in [3.63, 3.8) is 0 Å². The molecular formula is C61H46N8. The monoisotopic (exact) mass is 890 g/mol. The summed E-state index contributed by atoms with van der Waals surface area (Å²) in [6.07, 6.45) is 0. The Morgan fingerprint density at radius 2 is 0.623 bits per heavy atom. The topological polar surface area (TPSA) is 79.2 Å². The summed E-state index contributed by atoms with van der Waals surface area (Å²) in [5.74, 6) is 1.76. The summed E-state index contributed by atoms with van der Waals surface area (Å²) in [4.78, 5) is 26.4. The second kappa shape index (κ2) is 15.4. The SMILES string of the molecule is Cc1ccc2c(c1)c1cc(C)ccc1n2-c1cc(-c2nc(-c3ccccc3)nc(-c3ccccc3)n2)cc(-n2c3ccc(C)cc3c3cc(C)ccc32)c1-n1c2ccc(C)nc2c2nc(C)ccc21. The number of pyridine rings is 2. The van der Waals surface area contributed by atoms with E-state index in [0.29, 0.717) is 17.5 Å². The van der Waals surface area contributed by atoms with Crippen molar-refractivity contribution in [2.24, 2.45) is 0 Å². The van der Waals surface area contributed by atoms with E-state index in [1.165, 1.54) is 43.8 Å². The number of aryl methyl sites for hydroxylation is 6. The average Bonchev–Trinajstić information content (AvgIpc) is 3.97. The Kier molecular flexibility index (Phi) is 9.04. The molecule has 6 aromatic heterocycles. The number of rotatable bonds is 6. The number of fused-ring (bicyclic) bond motifs is 9. The fraction of sp³-hybridized carbons (Fsp3) is 0.0984. The van der Waals surface area contributed by atoms with E-state index in [1.54, 1.807) is 0 Å². The van der Waals surface area contributed by atoms with E-state index in [0.717, 1.165) is 89.3 Å². The number of aromatic nitrogens is 8. The summed E-state index contributed by atoms with van der Waals surface area (Å²) >= 11 is 0. The van der Waals surface area contributed by atoms with Gasteiger partial charge in [0.2, 0.25) is 0 Å². The fourth-order valence-electron chi connectivity index (χ4n) is 10.4. The van der Waals surface area contributed by atoms with Gasteiger partial charge in [0.15, 0.2) is 17.5 Å². The van der Waals surface area contributed by atoms with Crippen molar-refractivity contribution < 1.29 is 0 Å². The average molecular weight is 891 g/mol. The maximum Gasteiger partial charge on any atom is 0.164 e. The molecule has 13 rings (SSSR count). The molecule has 0 spiro atoms. The Bertz CT molecular complexity index is 3870. The fourth-order valence-corrected chi connectivity index (χ4v) is 10.4. The molecule has 8 heteroatoms. The molecule has 13 aromatic rings. The van der Waals surface area contributed by atoms with Crippen molar-refractivity contribution in [2.75, 3.05) is 0 Å². The smallest absolute Gasteiger partial charge is 0.164 e. The van der Waals surface area contributed by atoms with Crippen LogP contribution in [-0.2, 0) is 0 Å². The first-order valence-corrected chi connectivity index (χ1v) is 23.5. The largest absolute Gasteiger partial charge is 0.307 e. The summed E-state index contributed by atoms with van der Waals surface area (Å²) in [5, 5.41) is 4.74. The van der Waals surface area contributed by atoms with Crippen molar-refractivity contribution in [1.82, 2.24) is 38.6 Å². The molecule has 0 amide bonds. The van der Waals surface area contributed by atoms with Crippen LogP contribution in [-0.4, -0.2) is 38.6 Å². The van der Waals surface area contributed by atoms with Gasteiger partial charge in [-0.1, -0.05) is 107 Å². The third-order valence-electron chi connectivity index (χ3n) is 13.6. The van der Waals surface area contributed by atoms with Crippen molar-refractivity contribution in [3.8, 4) is 51.2 Å². The molecule has 0 saturated heterocycles. The lowest BCUT2D eigenvalue weighted by Gasteiger charge is -2.23. The van der Waals surface area contributed by atoms with Gasteiger partial charge in [-0.05, 0) is 126 Å². The predicted octanol–water partition coefficient (Wildman–Crippen LogP) is 14.8. The highest BCUT2D eigenvalue weighted by molar-refractivity contribution is 6.13. The van der Waals surface area contributed by atoms with Crippen molar-refractivity contribution in [3.05, 3.63) is 203 Å². The molecule has 0 bridgehead atoms. The normalized spacial score (nSPS) is 11.9. The van der Waals surface area contributed by atoms with Crippen LogP contribution in [0, 0.1) is 41.5 Å². The summed E-state index contributed by atoms with van der Waals surface area (Å²) < 4.78 is 7.30. The zero-order valence-corrected chi connectivity index (χ0v) is 39.2. The molecule has 0 N–H and O–H groups in total. The van der Waals surface area contributed by atoms with Gasteiger partial charge in [-0.3, -0.25) is 0 Å². The summed E-state index contributed by atoms with van der Waals surface area (Å²) in [5.41, 5.74) is 20.2. The van der Waals surface area contributed by atoms with Crippen LogP contribution in [0.4, 0.5) is 0 Å². The number of nitrogens with zero attached hydrogens (tertiary/aromatic N) is 8. The van der Waals surface area contributed by atoms with Crippen LogP contribution in [0.25, 0.3) is 117 Å². The van der Waals surface area contributed by atoms with E-state index >= 15 is 0 Å². The van der Waals surface area contributed by atoms with Crippen LogP contribution in [0.1, 0.15) is 33.6 Å². The first kappa shape index (κ1) is 40.5. The lowest BCUT2D eigenvalue weighted by Crippen LogP contribution is -2.11. The summed E-state index contributed by atoms with van der Waals surface area (Å²) in [6.45, 7) is 12.8.